The minimum atomic E-state index is -1.50. The van der Waals surface area contributed by atoms with Crippen LogP contribution >= 0.6 is 12.4 Å². The third-order valence-corrected chi connectivity index (χ3v) is 9.62. The first-order valence-corrected chi connectivity index (χ1v) is 15.8. The Hall–Kier alpha value is -4.47. The molecule has 1 fully saturated rings. The molecule has 0 radical (unpaired) electrons. The van der Waals surface area contributed by atoms with Gasteiger partial charge >= 0.3 is 5.97 Å². The normalized spacial score (nSPS) is 17.6. The number of ether oxygens (including phenoxy) is 1. The van der Waals surface area contributed by atoms with Gasteiger partial charge in [0.2, 0.25) is 0 Å². The lowest BCUT2D eigenvalue weighted by molar-refractivity contribution is -0.384. The van der Waals surface area contributed by atoms with Crippen LogP contribution in [0.3, 0.4) is 0 Å². The van der Waals surface area contributed by atoms with Crippen LogP contribution in [0.25, 0.3) is 0 Å². The summed E-state index contributed by atoms with van der Waals surface area (Å²) in [7, 11) is 2.93. The fourth-order valence-electron chi connectivity index (χ4n) is 7.20. The van der Waals surface area contributed by atoms with E-state index in [2.05, 4.69) is 77.8 Å². The van der Waals surface area contributed by atoms with Crippen molar-refractivity contribution < 1.29 is 19.2 Å². The van der Waals surface area contributed by atoms with Gasteiger partial charge in [-0.05, 0) is 79.7 Å². The van der Waals surface area contributed by atoms with Crippen molar-refractivity contribution in [2.75, 3.05) is 33.8 Å². The summed E-state index contributed by atoms with van der Waals surface area (Å²) in [5.41, 5.74) is 1.93. The van der Waals surface area contributed by atoms with E-state index in [9.17, 15) is 19.7 Å². The van der Waals surface area contributed by atoms with Crippen molar-refractivity contribution in [3.63, 3.8) is 0 Å². The average molecular weight is 659 g/mol. The number of benzene rings is 3. The number of halogens is 1. The third kappa shape index (κ3) is 7.26. The molecule has 2 atom stereocenters. The monoisotopic (exact) mass is 658 g/mol. The van der Waals surface area contributed by atoms with Crippen LogP contribution in [0.5, 0.6) is 0 Å². The van der Waals surface area contributed by atoms with Crippen molar-refractivity contribution in [1.82, 2.24) is 15.1 Å². The topological polar surface area (TPSA) is 105 Å². The van der Waals surface area contributed by atoms with Crippen LogP contribution in [-0.2, 0) is 25.3 Å². The maximum absolute atomic E-state index is 13.9. The van der Waals surface area contributed by atoms with E-state index < -0.39 is 16.4 Å². The van der Waals surface area contributed by atoms with Gasteiger partial charge in [0, 0.05) is 42.9 Å². The number of hydrogen-bond donors (Lipinski definition) is 1. The van der Waals surface area contributed by atoms with Gasteiger partial charge in [-0.2, -0.15) is 0 Å². The molecule has 3 aromatic carbocycles. The molecule has 1 N–H and O–H groups in total. The number of amides is 1. The van der Waals surface area contributed by atoms with Crippen molar-refractivity contribution in [3.05, 3.63) is 136 Å². The second-order valence-electron chi connectivity index (χ2n) is 12.4. The zero-order valence-corrected chi connectivity index (χ0v) is 27.9. The van der Waals surface area contributed by atoms with Crippen LogP contribution < -0.4 is 5.32 Å². The molecular weight excluding hydrogens is 616 g/mol. The summed E-state index contributed by atoms with van der Waals surface area (Å²) in [6, 6.07) is 27.3. The highest BCUT2D eigenvalue weighted by molar-refractivity contribution is 5.98. The van der Waals surface area contributed by atoms with E-state index in [0.29, 0.717) is 24.1 Å². The first-order valence-electron chi connectivity index (χ1n) is 15.8. The minimum Gasteiger partial charge on any atom is -0.467 e. The number of dihydropyridines is 1. The van der Waals surface area contributed by atoms with Crippen molar-refractivity contribution in [3.8, 4) is 0 Å². The Balaban J connectivity index is 0.00000500. The number of methoxy groups -OCH3 is 1. The molecule has 5 rings (SSSR count). The second kappa shape index (κ2) is 15.4. The van der Waals surface area contributed by atoms with Crippen LogP contribution in [-0.4, -0.2) is 60.4 Å². The van der Waals surface area contributed by atoms with Crippen molar-refractivity contribution >= 4 is 30.0 Å². The van der Waals surface area contributed by atoms with Crippen LogP contribution in [0.4, 0.5) is 5.69 Å². The molecule has 9 nitrogen and oxygen atoms in total. The average Bonchev–Trinajstić information content (AvgIpc) is 3.11. The highest BCUT2D eigenvalue weighted by Crippen LogP contribution is 2.43. The Morgan fingerprint density at radius 2 is 1.57 bits per heavy atom. The first kappa shape index (κ1) is 35.4. The number of rotatable bonds is 11. The van der Waals surface area contributed by atoms with Gasteiger partial charge in [-0.15, -0.1) is 12.4 Å². The number of allylic oxidation sites excluding steroid dienone is 1. The highest BCUT2D eigenvalue weighted by atomic mass is 35.5. The number of likely N-dealkylation sites (tertiary alicyclic amines) is 1. The quantitative estimate of drug-likeness (QED) is 0.146. The number of nitro benzene ring substituents is 1. The molecule has 1 amide bonds. The number of carbonyl (C=O) groups is 2. The first-order chi connectivity index (χ1) is 22.2. The molecule has 47 heavy (non-hydrogen) atoms. The molecule has 0 saturated carbocycles. The molecular formula is C37H43ClN4O5. The predicted octanol–water partition coefficient (Wildman–Crippen LogP) is 6.34. The predicted molar refractivity (Wildman–Crippen MR) is 185 cm³/mol. The van der Waals surface area contributed by atoms with E-state index in [1.54, 1.807) is 31.6 Å². The van der Waals surface area contributed by atoms with Crippen molar-refractivity contribution in [2.45, 2.75) is 43.6 Å². The summed E-state index contributed by atoms with van der Waals surface area (Å²) in [6.07, 6.45) is 7.83. The van der Waals surface area contributed by atoms with E-state index in [0.717, 1.165) is 25.9 Å². The fourth-order valence-corrected chi connectivity index (χ4v) is 7.20. The smallest absolute Gasteiger partial charge is 0.336 e. The number of non-ortho nitro benzene ring substituents is 1. The van der Waals surface area contributed by atoms with Crippen molar-refractivity contribution in [1.29, 1.82) is 0 Å². The molecule has 248 valence electrons. The summed E-state index contributed by atoms with van der Waals surface area (Å²) in [5.74, 6) is -0.945. The van der Waals surface area contributed by atoms with Gasteiger partial charge in [0.05, 0.1) is 12.0 Å². The van der Waals surface area contributed by atoms with Gasteiger partial charge < -0.3 is 19.9 Å². The van der Waals surface area contributed by atoms with Gasteiger partial charge in [0.25, 0.3) is 11.6 Å². The maximum Gasteiger partial charge on any atom is 0.336 e. The van der Waals surface area contributed by atoms with E-state index in [1.807, 2.05) is 6.08 Å². The number of piperidine rings is 1. The zero-order chi connectivity index (χ0) is 32.7. The molecule has 0 aromatic heterocycles. The SMILES string of the molecule is COC(=O)C(CC(C)CN1CCC(c2ccccc2)(c2ccccc2)CC1)(c1ccc([N+](=O)[O-])cc1)N(C)C(=O)C1=CNC=CC1.Cl. The number of likely N-dealkylation sites (N-methyl/N-ethyl adjacent to an activating group) is 1. The molecule has 0 aliphatic carbocycles. The van der Waals surface area contributed by atoms with Crippen molar-refractivity contribution in [2.24, 2.45) is 5.92 Å². The van der Waals surface area contributed by atoms with Gasteiger partial charge in [0.1, 0.15) is 0 Å². The summed E-state index contributed by atoms with van der Waals surface area (Å²) in [5, 5.41) is 14.4. The highest BCUT2D eigenvalue weighted by Gasteiger charge is 2.49. The summed E-state index contributed by atoms with van der Waals surface area (Å²) < 4.78 is 5.39. The lowest BCUT2D eigenvalue weighted by Gasteiger charge is -2.45. The molecule has 2 aliphatic heterocycles. The number of hydrogen-bond acceptors (Lipinski definition) is 7. The Morgan fingerprint density at radius 3 is 2.06 bits per heavy atom. The van der Waals surface area contributed by atoms with Crippen LogP contribution in [0, 0.1) is 16.0 Å². The molecule has 2 heterocycles. The van der Waals surface area contributed by atoms with Gasteiger partial charge in [-0.3, -0.25) is 14.9 Å². The number of nitrogens with zero attached hydrogens (tertiary/aromatic N) is 3. The Kier molecular flexibility index (Phi) is 11.6. The van der Waals surface area contributed by atoms with Gasteiger partial charge in [-0.25, -0.2) is 4.79 Å². The van der Waals surface area contributed by atoms with Crippen LogP contribution in [0.2, 0.25) is 0 Å². The fraction of sp³-hybridized carbons (Fsp3) is 0.351. The number of carbonyl (C=O) groups excluding carboxylic acids is 2. The lowest BCUT2D eigenvalue weighted by Crippen LogP contribution is -2.55. The van der Waals surface area contributed by atoms with E-state index in [1.165, 1.54) is 35.3 Å². The van der Waals surface area contributed by atoms with Crippen LogP contribution in [0.15, 0.2) is 109 Å². The minimum absolute atomic E-state index is 0. The summed E-state index contributed by atoms with van der Waals surface area (Å²) >= 11 is 0. The largest absolute Gasteiger partial charge is 0.467 e. The van der Waals surface area contributed by atoms with E-state index in [4.69, 9.17) is 4.74 Å². The number of nitro groups is 1. The maximum atomic E-state index is 13.9. The second-order valence-corrected chi connectivity index (χ2v) is 12.4. The Bertz CT molecular complexity index is 1550. The Labute approximate surface area is 282 Å². The lowest BCUT2D eigenvalue weighted by atomic mass is 9.68. The number of nitrogens with one attached hydrogen (secondary N) is 1. The zero-order valence-electron chi connectivity index (χ0n) is 27.1. The standard InChI is InChI=1S/C37H42N4O5.ClH/c1-28(27-40-23-20-36(21-24-40,30-12-6-4-7-13-30)31-14-8-5-9-15-31)25-37(35(43)46-3,32-16-18-33(19-17-32)41(44)45)39(2)34(42)29-11-10-22-38-26-29;/h4-10,12-19,22,26,28,38H,11,20-21,23-25,27H2,1-3H3;1H. The molecule has 3 aromatic rings. The molecule has 10 heteroatoms. The summed E-state index contributed by atoms with van der Waals surface area (Å²) in [6.45, 7) is 4.54. The van der Waals surface area contributed by atoms with Gasteiger partial charge in [0.15, 0.2) is 5.54 Å². The summed E-state index contributed by atoms with van der Waals surface area (Å²) in [4.78, 5) is 42.6. The molecule has 2 aliphatic rings. The third-order valence-electron chi connectivity index (χ3n) is 9.62. The Morgan fingerprint density at radius 1 is 1.00 bits per heavy atom. The molecule has 2 unspecified atom stereocenters. The van der Waals surface area contributed by atoms with Gasteiger partial charge in [-0.1, -0.05) is 73.7 Å². The molecule has 0 bridgehead atoms. The molecule has 1 saturated heterocycles. The van der Waals surface area contributed by atoms with Crippen LogP contribution in [0.1, 0.15) is 49.3 Å². The molecule has 0 spiro atoms. The number of esters is 1. The van der Waals surface area contributed by atoms with E-state index in [-0.39, 0.29) is 41.8 Å². The van der Waals surface area contributed by atoms with E-state index >= 15 is 0 Å².